The van der Waals surface area contributed by atoms with E-state index in [1.165, 1.54) is 37.7 Å². The lowest BCUT2D eigenvalue weighted by Gasteiger charge is -2.29. The first-order chi connectivity index (χ1) is 44.6. The van der Waals surface area contributed by atoms with Crippen molar-refractivity contribution in [2.75, 3.05) is 75.3 Å². The number of nitrogens with one attached hydrogen (secondary N) is 7. The fourth-order valence-corrected chi connectivity index (χ4v) is 13.2. The number of aryl methyl sites for hydroxylation is 4. The molecule has 6 aliphatic rings. The van der Waals surface area contributed by atoms with Crippen LogP contribution in [0.1, 0.15) is 95.9 Å². The molecule has 6 aromatic heterocycles. The van der Waals surface area contributed by atoms with Crippen molar-refractivity contribution < 1.29 is 0 Å². The summed E-state index contributed by atoms with van der Waals surface area (Å²) in [4.78, 5) is 49.1. The molecule has 0 atom stereocenters. The molecule has 18 nitrogen and oxygen atoms in total. The van der Waals surface area contributed by atoms with Gasteiger partial charge in [0, 0.05) is 123 Å². The summed E-state index contributed by atoms with van der Waals surface area (Å²) in [5, 5.41) is 24.8. The van der Waals surface area contributed by atoms with Gasteiger partial charge in [-0.25, -0.2) is 39.9 Å². The molecular weight excluding hydrogens is 1250 g/mol. The SMILES string of the molecule is Cc1ccc(Nc2ncc3c(n2)-c2ccc(Cl)cc2NC(=S)C3)c(C)n1.Cc1nc(N2CCCCC2)ccc1Nc1ncc2c(n1)-c1ccc(Cl)cc1NC(=S)C2.Cc1nc(NC2CCN(C)CC2)ccc1Nc1ncc2c(n1)-c1ccc(C3CC3)cc1NC(=S)C2. The number of thiocarbonyl (C=S) groups is 3. The first kappa shape index (κ1) is 62.4. The molecule has 23 heteroatoms. The van der Waals surface area contributed by atoms with Crippen LogP contribution >= 0.6 is 59.9 Å². The van der Waals surface area contributed by atoms with E-state index in [1.54, 1.807) is 0 Å². The van der Waals surface area contributed by atoms with Gasteiger partial charge in [0.15, 0.2) is 0 Å². The lowest BCUT2D eigenvalue weighted by Crippen LogP contribution is -2.36. The lowest BCUT2D eigenvalue weighted by atomic mass is 10.0. The third kappa shape index (κ3) is 14.7. The van der Waals surface area contributed by atoms with Crippen LogP contribution in [-0.2, 0) is 19.3 Å². The van der Waals surface area contributed by atoms with Gasteiger partial charge in [-0.1, -0.05) is 72.0 Å². The summed E-state index contributed by atoms with van der Waals surface area (Å²) in [5.74, 6) is 4.26. The van der Waals surface area contributed by atoms with E-state index >= 15 is 0 Å². The van der Waals surface area contributed by atoms with E-state index in [2.05, 4.69) is 110 Å². The number of nitrogens with zero attached hydrogens (tertiary/aromatic N) is 11. The number of rotatable bonds is 10. The maximum Gasteiger partial charge on any atom is 0.227 e. The fraction of sp³-hybridized carbons (Fsp3) is 0.304. The highest BCUT2D eigenvalue weighted by atomic mass is 35.5. The fourth-order valence-electron chi connectivity index (χ4n) is 12.1. The Kier molecular flexibility index (Phi) is 18.6. The van der Waals surface area contributed by atoms with E-state index in [-0.39, 0.29) is 0 Å². The Hall–Kier alpha value is -8.44. The second-order valence-electron chi connectivity index (χ2n) is 24.2. The Morgan fingerprint density at radius 3 is 1.41 bits per heavy atom. The molecule has 0 amide bonds. The van der Waals surface area contributed by atoms with Crippen molar-refractivity contribution in [3.63, 3.8) is 0 Å². The van der Waals surface area contributed by atoms with E-state index in [0.29, 0.717) is 59.1 Å². The molecule has 5 aliphatic heterocycles. The number of halogens is 2. The summed E-state index contributed by atoms with van der Waals surface area (Å²) in [6.45, 7) is 12.3. The van der Waals surface area contributed by atoms with Crippen LogP contribution in [0.25, 0.3) is 33.8 Å². The Bertz CT molecular complexity index is 4340. The molecule has 1 saturated carbocycles. The van der Waals surface area contributed by atoms with Gasteiger partial charge in [-0.2, -0.15) is 0 Å². The molecule has 0 unspecified atom stereocenters. The summed E-state index contributed by atoms with van der Waals surface area (Å²) in [5.41, 5.74) is 19.2. The van der Waals surface area contributed by atoms with Crippen LogP contribution in [0, 0.1) is 27.7 Å². The first-order valence-electron chi connectivity index (χ1n) is 31.2. The predicted molar refractivity (Wildman–Crippen MR) is 386 cm³/mol. The number of piperidine rings is 2. The number of pyridine rings is 3. The minimum Gasteiger partial charge on any atom is -0.367 e. The summed E-state index contributed by atoms with van der Waals surface area (Å²) in [7, 11) is 2.18. The monoisotopic (exact) mass is 1320 g/mol. The van der Waals surface area contributed by atoms with Gasteiger partial charge in [0.05, 0.1) is 66.2 Å². The van der Waals surface area contributed by atoms with Crippen molar-refractivity contribution in [1.29, 1.82) is 0 Å². The van der Waals surface area contributed by atoms with Crippen molar-refractivity contribution >= 4 is 138 Å². The topological polar surface area (TPSA) is 207 Å². The van der Waals surface area contributed by atoms with Crippen LogP contribution in [0.2, 0.25) is 10.0 Å². The molecule has 15 rings (SSSR count). The highest BCUT2D eigenvalue weighted by Gasteiger charge is 2.28. The Labute approximate surface area is 562 Å². The number of likely N-dealkylation sites (tertiary alicyclic amines) is 1. The van der Waals surface area contributed by atoms with Gasteiger partial charge in [0.25, 0.3) is 0 Å². The Morgan fingerprint density at radius 1 is 0.478 bits per heavy atom. The second-order valence-corrected chi connectivity index (χ2v) is 26.5. The van der Waals surface area contributed by atoms with Gasteiger partial charge in [-0.3, -0.25) is 4.98 Å². The molecule has 7 N–H and O–H groups in total. The minimum absolute atomic E-state index is 0.477. The van der Waals surface area contributed by atoms with Crippen LogP contribution in [0.5, 0.6) is 0 Å². The average Bonchev–Trinajstić information content (AvgIpc) is 1.96. The van der Waals surface area contributed by atoms with Gasteiger partial charge in [-0.05, 0) is 183 Å². The number of aromatic nitrogens is 9. The zero-order valence-corrected chi connectivity index (χ0v) is 55.8. The number of benzene rings is 3. The molecule has 11 heterocycles. The number of anilines is 11. The van der Waals surface area contributed by atoms with Gasteiger partial charge in [0.1, 0.15) is 11.6 Å². The van der Waals surface area contributed by atoms with Crippen molar-refractivity contribution in [2.45, 2.75) is 104 Å². The molecular formula is C69H70Cl2N18S3. The zero-order chi connectivity index (χ0) is 63.6. The number of fused-ring (bicyclic) bond motifs is 9. The zero-order valence-electron chi connectivity index (χ0n) is 51.8. The molecule has 1 aliphatic carbocycles. The standard InChI is InChI=1S/C27H31N7S.C23H23ClN6S.C19H16ClN5S/c1-16-22(7-8-24(29-16)30-20-9-11-34(2)12-10-20)32-27-28-15-19-14-25(35)31-23-13-18(17-3-4-17)5-6-21(23)26(19)33-27;1-14-18(7-8-20(26-14)30-9-3-2-4-10-30)28-23-25-13-15-11-21(31)27-19-12-16(24)5-6-17(19)22(15)29-23;1-10-3-6-15(11(2)22-10)24-19-21-9-12-7-17(26)23-16-8-13(20)4-5-14(16)18(12)25-19/h5-8,13,15,17,20H,3-4,9-12,14H2,1-2H3,(H,29,30)(H,31,35)(H,28,32,33);5-8,12-13H,2-4,9-11H2,1H3,(H,27,31)(H,25,28,29);3-6,8-9H,7H2,1-2H3,(H,23,26)(H,21,24,25). The third-order valence-corrected chi connectivity index (χ3v) is 18.4. The quantitative estimate of drug-likeness (QED) is 0.0636. The molecule has 0 bridgehead atoms. The van der Waals surface area contributed by atoms with Crippen molar-refractivity contribution in [1.82, 2.24) is 49.8 Å². The molecule has 2 saturated heterocycles. The summed E-state index contributed by atoms with van der Waals surface area (Å²) in [6.07, 6.45) is 16.0. The summed E-state index contributed by atoms with van der Waals surface area (Å²) < 4.78 is 0. The third-order valence-electron chi connectivity index (χ3n) is 17.2. The molecule has 9 aromatic rings. The summed E-state index contributed by atoms with van der Waals surface area (Å²) >= 11 is 28.8. The average molecular weight is 1320 g/mol. The molecule has 3 aromatic carbocycles. The van der Waals surface area contributed by atoms with Gasteiger partial charge in [-0.15, -0.1) is 0 Å². The lowest BCUT2D eigenvalue weighted by molar-refractivity contribution is 0.263. The van der Waals surface area contributed by atoms with E-state index in [1.807, 2.05) is 101 Å². The van der Waals surface area contributed by atoms with E-state index in [9.17, 15) is 0 Å². The van der Waals surface area contributed by atoms with Crippen molar-refractivity contribution in [3.05, 3.63) is 165 Å². The molecule has 0 spiro atoms. The van der Waals surface area contributed by atoms with E-state index in [4.69, 9.17) is 84.8 Å². The van der Waals surface area contributed by atoms with E-state index in [0.717, 1.165) is 173 Å². The Balaban J connectivity index is 0.000000127. The maximum atomic E-state index is 6.19. The second kappa shape index (κ2) is 27.4. The van der Waals surface area contributed by atoms with E-state index < -0.39 is 0 Å². The minimum atomic E-state index is 0.477. The smallest absolute Gasteiger partial charge is 0.227 e. The van der Waals surface area contributed by atoms with Gasteiger partial charge < -0.3 is 47.0 Å². The van der Waals surface area contributed by atoms with Crippen LogP contribution in [0.4, 0.5) is 63.6 Å². The summed E-state index contributed by atoms with van der Waals surface area (Å²) in [6, 6.07) is 30.7. The Morgan fingerprint density at radius 2 is 0.935 bits per heavy atom. The molecule has 3 fully saturated rings. The maximum absolute atomic E-state index is 6.19. The molecule has 92 heavy (non-hydrogen) atoms. The highest BCUT2D eigenvalue weighted by molar-refractivity contribution is 7.81. The number of hydrogen-bond acceptors (Lipinski definition) is 18. The van der Waals surface area contributed by atoms with Crippen LogP contribution < -0.4 is 42.1 Å². The normalized spacial score (nSPS) is 15.8. The molecule has 468 valence electrons. The predicted octanol–water partition coefficient (Wildman–Crippen LogP) is 15.6. The first-order valence-corrected chi connectivity index (χ1v) is 33.2. The number of hydrogen-bond donors (Lipinski definition) is 7. The van der Waals surface area contributed by atoms with Gasteiger partial charge >= 0.3 is 0 Å². The van der Waals surface area contributed by atoms with Crippen molar-refractivity contribution in [3.8, 4) is 33.8 Å². The van der Waals surface area contributed by atoms with Gasteiger partial charge in [0.2, 0.25) is 17.8 Å². The highest BCUT2D eigenvalue weighted by Crippen LogP contribution is 2.44. The van der Waals surface area contributed by atoms with Crippen molar-refractivity contribution in [2.24, 2.45) is 0 Å². The molecule has 0 radical (unpaired) electrons. The van der Waals surface area contributed by atoms with Crippen LogP contribution in [-0.4, -0.2) is 104 Å². The van der Waals surface area contributed by atoms with Crippen LogP contribution in [0.15, 0.2) is 110 Å². The largest absolute Gasteiger partial charge is 0.367 e. The van der Waals surface area contributed by atoms with Crippen LogP contribution in [0.3, 0.4) is 0 Å².